The fourth-order valence-electron chi connectivity index (χ4n) is 5.03. The second-order valence-electron chi connectivity index (χ2n) is 13.8. The summed E-state index contributed by atoms with van der Waals surface area (Å²) in [6.07, 6.45) is 9.98. The maximum atomic E-state index is 9.95. The number of thiol groups is 1. The first-order chi connectivity index (χ1) is 21.0. The van der Waals surface area contributed by atoms with Crippen LogP contribution in [0.5, 0.6) is 0 Å². The molecule has 7 atom stereocenters. The zero-order valence-electron chi connectivity index (χ0n) is 29.3. The monoisotopic (exact) mass is 684 g/mol. The smallest absolute Gasteiger partial charge is 0.338 e. The maximum absolute atomic E-state index is 9.95. The molecule has 0 saturated carbocycles. The first-order valence-electron chi connectivity index (χ1n) is 17.6. The van der Waals surface area contributed by atoms with E-state index in [0.717, 1.165) is 62.0 Å². The van der Waals surface area contributed by atoms with Crippen molar-refractivity contribution in [2.75, 3.05) is 58.6 Å². The van der Waals surface area contributed by atoms with Crippen molar-refractivity contribution in [3.05, 3.63) is 0 Å². The Morgan fingerprint density at radius 3 is 1.43 bits per heavy atom. The molecular formula is C33H72O8SSi2. The lowest BCUT2D eigenvalue weighted by Gasteiger charge is -2.36. The minimum atomic E-state index is -2.67. The molecule has 0 aromatic rings. The molecule has 0 radical (unpaired) electrons. The summed E-state index contributed by atoms with van der Waals surface area (Å²) < 4.78 is 26.9. The van der Waals surface area contributed by atoms with E-state index < -0.39 is 17.1 Å². The number of hydrogen-bond acceptors (Lipinski definition) is 9. The molecule has 0 fully saturated rings. The Kier molecular flexibility index (Phi) is 27.7. The first kappa shape index (κ1) is 44.5. The van der Waals surface area contributed by atoms with Crippen LogP contribution < -0.4 is 0 Å². The Morgan fingerprint density at radius 1 is 0.500 bits per heavy atom. The van der Waals surface area contributed by atoms with E-state index in [-0.39, 0.29) is 56.0 Å². The molecule has 0 aliphatic heterocycles. The molecule has 8 nitrogen and oxygen atoms in total. The van der Waals surface area contributed by atoms with Gasteiger partial charge in [0.05, 0.1) is 0 Å². The van der Waals surface area contributed by atoms with Gasteiger partial charge in [-0.1, -0.05) is 86.5 Å². The Hall–Kier alpha value is 0.464. The summed E-state index contributed by atoms with van der Waals surface area (Å²) in [5.74, 6) is 1.26. The van der Waals surface area contributed by atoms with Crippen LogP contribution in [0, 0.1) is 29.6 Å². The second kappa shape index (κ2) is 27.4. The molecule has 0 aromatic carbocycles. The van der Waals surface area contributed by atoms with Gasteiger partial charge < -0.3 is 38.1 Å². The van der Waals surface area contributed by atoms with Crippen LogP contribution in [0.4, 0.5) is 0 Å². The van der Waals surface area contributed by atoms with Gasteiger partial charge in [-0.15, -0.1) is 0 Å². The predicted molar refractivity (Wildman–Crippen MR) is 190 cm³/mol. The van der Waals surface area contributed by atoms with Crippen molar-refractivity contribution in [2.24, 2.45) is 29.6 Å². The first-order valence-corrected chi connectivity index (χ1v) is 22.7. The van der Waals surface area contributed by atoms with Crippen molar-refractivity contribution in [1.82, 2.24) is 0 Å². The molecule has 0 saturated heterocycles. The number of unbranched alkanes of at least 4 members (excludes halogenated alkanes) is 6. The highest BCUT2D eigenvalue weighted by atomic mass is 32.1. The molecule has 44 heavy (non-hydrogen) atoms. The van der Waals surface area contributed by atoms with E-state index in [9.17, 15) is 20.4 Å². The van der Waals surface area contributed by atoms with Crippen LogP contribution in [0.1, 0.15) is 99.3 Å². The molecular weight excluding hydrogens is 613 g/mol. The molecule has 11 heteroatoms. The van der Waals surface area contributed by atoms with E-state index >= 15 is 0 Å². The van der Waals surface area contributed by atoms with E-state index in [1.807, 2.05) is 13.8 Å². The third-order valence-electron chi connectivity index (χ3n) is 8.32. The molecule has 0 heterocycles. The fourth-order valence-corrected chi connectivity index (χ4v) is 13.0. The molecule has 0 aliphatic rings. The van der Waals surface area contributed by atoms with E-state index in [2.05, 4.69) is 40.3 Å². The highest BCUT2D eigenvalue weighted by Crippen LogP contribution is 2.30. The van der Waals surface area contributed by atoms with Gasteiger partial charge in [0.15, 0.2) is 0 Å². The summed E-state index contributed by atoms with van der Waals surface area (Å²) >= 11 is 4.42. The SMILES string of the molecule is CCCCCCCC[Si](CC(C)CO)(OCC(C)CO)OCC(C)CO[Si](CCCCS)(CCC(C)CO)OCC(C)CO. The van der Waals surface area contributed by atoms with Gasteiger partial charge in [0.25, 0.3) is 0 Å². The lowest BCUT2D eigenvalue weighted by atomic mass is 10.1. The number of aliphatic hydroxyl groups excluding tert-OH is 4. The highest BCUT2D eigenvalue weighted by molar-refractivity contribution is 7.80. The van der Waals surface area contributed by atoms with Crippen LogP contribution in [-0.2, 0) is 17.7 Å². The van der Waals surface area contributed by atoms with Crippen molar-refractivity contribution in [1.29, 1.82) is 0 Å². The van der Waals surface area contributed by atoms with E-state index in [1.165, 1.54) is 25.7 Å². The fraction of sp³-hybridized carbons (Fsp3) is 1.00. The number of aliphatic hydroxyl groups is 4. The van der Waals surface area contributed by atoms with E-state index in [4.69, 9.17) is 17.7 Å². The Labute approximate surface area is 278 Å². The predicted octanol–water partition coefficient (Wildman–Crippen LogP) is 6.55. The Balaban J connectivity index is 5.74. The maximum Gasteiger partial charge on any atom is 0.338 e. The van der Waals surface area contributed by atoms with Gasteiger partial charge in [-0.25, -0.2) is 0 Å². The normalized spacial score (nSPS) is 18.3. The summed E-state index contributed by atoms with van der Waals surface area (Å²) in [5, 5.41) is 39.0. The topological polar surface area (TPSA) is 118 Å². The second-order valence-corrected chi connectivity index (χ2v) is 20.9. The average molecular weight is 685 g/mol. The zero-order valence-corrected chi connectivity index (χ0v) is 32.2. The molecule has 4 N–H and O–H groups in total. The minimum absolute atomic E-state index is 0.0314. The molecule has 0 spiro atoms. The minimum Gasteiger partial charge on any atom is -0.396 e. The van der Waals surface area contributed by atoms with Gasteiger partial charge >= 0.3 is 17.1 Å². The zero-order chi connectivity index (χ0) is 33.3. The standard InChI is InChI=1S/C33H72O8SSi2/c1-7-8-9-10-11-13-18-44(28-32(5)23-37,40-25-31(4)22-36)41-27-33(6)26-39-43(17-14-12-16-42,19-15-29(2)20-34)38-24-30(3)21-35/h29-37,42H,7-28H2,1-6H3. The Bertz CT molecular complexity index is 639. The average Bonchev–Trinajstić information content (AvgIpc) is 3.04. The summed E-state index contributed by atoms with van der Waals surface area (Å²) in [6.45, 7) is 14.8. The van der Waals surface area contributed by atoms with Crippen molar-refractivity contribution >= 4 is 29.8 Å². The van der Waals surface area contributed by atoms with Gasteiger partial charge in [-0.3, -0.25) is 0 Å². The van der Waals surface area contributed by atoms with Crippen LogP contribution >= 0.6 is 12.6 Å². The van der Waals surface area contributed by atoms with Crippen molar-refractivity contribution < 1.29 is 38.1 Å². The lowest BCUT2D eigenvalue weighted by molar-refractivity contribution is 0.0794. The van der Waals surface area contributed by atoms with Crippen LogP contribution in [0.15, 0.2) is 0 Å². The molecule has 0 aliphatic carbocycles. The summed E-state index contributed by atoms with van der Waals surface area (Å²) in [7, 11) is -5.30. The lowest BCUT2D eigenvalue weighted by Crippen LogP contribution is -2.47. The summed E-state index contributed by atoms with van der Waals surface area (Å²) in [6, 6.07) is 3.29. The summed E-state index contributed by atoms with van der Waals surface area (Å²) in [5.41, 5.74) is 0. The third kappa shape index (κ3) is 21.4. The molecule has 0 amide bonds. The molecule has 266 valence electrons. The highest BCUT2D eigenvalue weighted by Gasteiger charge is 2.41. The van der Waals surface area contributed by atoms with Gasteiger partial charge in [0.2, 0.25) is 0 Å². The van der Waals surface area contributed by atoms with Crippen molar-refractivity contribution in [2.45, 2.75) is 124 Å². The van der Waals surface area contributed by atoms with Gasteiger partial charge in [0, 0.05) is 70.6 Å². The van der Waals surface area contributed by atoms with Crippen LogP contribution in [0.2, 0.25) is 24.2 Å². The quantitative estimate of drug-likeness (QED) is 0.0308. The van der Waals surface area contributed by atoms with Gasteiger partial charge in [-0.05, 0) is 54.6 Å². The van der Waals surface area contributed by atoms with Crippen LogP contribution in [0.25, 0.3) is 0 Å². The van der Waals surface area contributed by atoms with Crippen LogP contribution in [-0.4, -0.2) is 96.2 Å². The van der Waals surface area contributed by atoms with E-state index in [0.29, 0.717) is 26.4 Å². The van der Waals surface area contributed by atoms with Crippen LogP contribution in [0.3, 0.4) is 0 Å². The van der Waals surface area contributed by atoms with E-state index in [1.54, 1.807) is 0 Å². The summed E-state index contributed by atoms with van der Waals surface area (Å²) in [4.78, 5) is 0. The largest absolute Gasteiger partial charge is 0.396 e. The third-order valence-corrected chi connectivity index (χ3v) is 16.0. The van der Waals surface area contributed by atoms with Gasteiger partial charge in [-0.2, -0.15) is 12.6 Å². The molecule has 0 aromatic heterocycles. The molecule has 0 rings (SSSR count). The number of rotatable bonds is 32. The van der Waals surface area contributed by atoms with Gasteiger partial charge in [0.1, 0.15) is 0 Å². The molecule has 7 unspecified atom stereocenters. The molecule has 0 bridgehead atoms. The van der Waals surface area contributed by atoms with Crippen molar-refractivity contribution in [3.8, 4) is 0 Å². The van der Waals surface area contributed by atoms with Crippen molar-refractivity contribution in [3.63, 3.8) is 0 Å². The number of hydrogen-bond donors (Lipinski definition) is 5. The Morgan fingerprint density at radius 2 is 0.932 bits per heavy atom.